The van der Waals surface area contributed by atoms with Gasteiger partial charge in [-0.2, -0.15) is 0 Å². The second kappa shape index (κ2) is 6.46. The van der Waals surface area contributed by atoms with Crippen LogP contribution < -0.4 is 11.1 Å². The molecule has 2 rings (SSSR count). The molecule has 2 unspecified atom stereocenters. The van der Waals surface area contributed by atoms with Crippen LogP contribution in [0.5, 0.6) is 0 Å². The Labute approximate surface area is 135 Å². The molecule has 21 heavy (non-hydrogen) atoms. The van der Waals surface area contributed by atoms with Gasteiger partial charge >= 0.3 is 0 Å². The van der Waals surface area contributed by atoms with Crippen molar-refractivity contribution in [2.75, 3.05) is 18.4 Å². The van der Waals surface area contributed by atoms with Gasteiger partial charge in [0.25, 0.3) is 0 Å². The van der Waals surface area contributed by atoms with Crippen molar-refractivity contribution in [1.29, 1.82) is 0 Å². The number of carbonyl (C=O) groups excluding carboxylic acids is 1. The van der Waals surface area contributed by atoms with Gasteiger partial charge in [-0.15, -0.1) is 0 Å². The Bertz CT molecular complexity index is 518. The Morgan fingerprint density at radius 3 is 2.76 bits per heavy atom. The second-order valence-electron chi connectivity index (χ2n) is 6.50. The number of nitrogens with two attached hydrogens (primary N) is 1. The standard InChI is InChI=1S/C16H24BrN3O/c1-11(20-9-8-14(18)16(2,3)10-20)15(21)19-13-7-5-4-6-12(13)17/h4-7,11,14H,8-10,18H2,1-3H3,(H,19,21). The van der Waals surface area contributed by atoms with Crippen LogP contribution in [0.15, 0.2) is 28.7 Å². The summed E-state index contributed by atoms with van der Waals surface area (Å²) in [7, 11) is 0. The topological polar surface area (TPSA) is 58.4 Å². The number of benzene rings is 1. The molecule has 5 heteroatoms. The summed E-state index contributed by atoms with van der Waals surface area (Å²) >= 11 is 3.45. The lowest BCUT2D eigenvalue weighted by Gasteiger charge is -2.44. The molecular weight excluding hydrogens is 330 g/mol. The minimum atomic E-state index is -0.163. The number of carbonyl (C=O) groups is 1. The van der Waals surface area contributed by atoms with E-state index in [4.69, 9.17) is 5.73 Å². The van der Waals surface area contributed by atoms with Crippen LogP contribution in [0.2, 0.25) is 0 Å². The molecule has 1 aromatic carbocycles. The molecule has 1 saturated heterocycles. The summed E-state index contributed by atoms with van der Waals surface area (Å²) in [5, 5.41) is 2.99. The lowest BCUT2D eigenvalue weighted by Crippen LogP contribution is -2.56. The summed E-state index contributed by atoms with van der Waals surface area (Å²) in [5.41, 5.74) is 7.01. The SMILES string of the molecule is CC(C(=O)Nc1ccccc1Br)N1CCC(N)C(C)(C)C1. The Morgan fingerprint density at radius 1 is 1.48 bits per heavy atom. The molecule has 3 N–H and O–H groups in total. The number of hydrogen-bond acceptors (Lipinski definition) is 3. The van der Waals surface area contributed by atoms with E-state index in [1.54, 1.807) is 0 Å². The van der Waals surface area contributed by atoms with Crippen molar-refractivity contribution < 1.29 is 4.79 Å². The van der Waals surface area contributed by atoms with Gasteiger partial charge in [0.15, 0.2) is 0 Å². The molecule has 1 aromatic rings. The van der Waals surface area contributed by atoms with Crippen LogP contribution in [-0.4, -0.2) is 36.0 Å². The highest BCUT2D eigenvalue weighted by atomic mass is 79.9. The molecule has 2 atom stereocenters. The predicted octanol–water partition coefficient (Wildman–Crippen LogP) is 2.84. The third-order valence-corrected chi connectivity index (χ3v) is 5.09. The fourth-order valence-electron chi connectivity index (χ4n) is 2.71. The van der Waals surface area contributed by atoms with Gasteiger partial charge < -0.3 is 11.1 Å². The van der Waals surface area contributed by atoms with Crippen molar-refractivity contribution in [3.63, 3.8) is 0 Å². The average molecular weight is 354 g/mol. The van der Waals surface area contributed by atoms with Gasteiger partial charge in [0.2, 0.25) is 5.91 Å². The molecule has 1 aliphatic rings. The molecule has 0 spiro atoms. The number of piperidine rings is 1. The average Bonchev–Trinajstić information content (AvgIpc) is 2.43. The number of nitrogens with one attached hydrogen (secondary N) is 1. The molecular formula is C16H24BrN3O. The Kier molecular flexibility index (Phi) is 5.07. The quantitative estimate of drug-likeness (QED) is 0.878. The van der Waals surface area contributed by atoms with Crippen LogP contribution in [0.25, 0.3) is 0 Å². The van der Waals surface area contributed by atoms with Gasteiger partial charge in [-0.25, -0.2) is 0 Å². The summed E-state index contributed by atoms with van der Waals surface area (Å²) in [4.78, 5) is 14.7. The van der Waals surface area contributed by atoms with Crippen molar-refractivity contribution in [2.45, 2.75) is 39.3 Å². The number of amides is 1. The van der Waals surface area contributed by atoms with Gasteiger partial charge in [-0.3, -0.25) is 9.69 Å². The normalized spacial score (nSPS) is 23.6. The van der Waals surface area contributed by atoms with Crippen LogP contribution in [0, 0.1) is 5.41 Å². The number of para-hydroxylation sites is 1. The maximum atomic E-state index is 12.5. The van der Waals surface area contributed by atoms with E-state index >= 15 is 0 Å². The number of nitrogens with zero attached hydrogens (tertiary/aromatic N) is 1. The van der Waals surface area contributed by atoms with Crippen molar-refractivity contribution >= 4 is 27.5 Å². The van der Waals surface area contributed by atoms with E-state index in [9.17, 15) is 4.79 Å². The van der Waals surface area contributed by atoms with E-state index in [1.807, 2.05) is 31.2 Å². The third-order valence-electron chi connectivity index (χ3n) is 4.40. The molecule has 0 bridgehead atoms. The lowest BCUT2D eigenvalue weighted by atomic mass is 9.79. The van der Waals surface area contributed by atoms with E-state index in [-0.39, 0.29) is 23.4 Å². The predicted molar refractivity (Wildman–Crippen MR) is 90.2 cm³/mol. The van der Waals surface area contributed by atoms with Gasteiger partial charge in [0, 0.05) is 23.6 Å². The highest BCUT2D eigenvalue weighted by molar-refractivity contribution is 9.10. The van der Waals surface area contributed by atoms with E-state index in [0.717, 1.165) is 29.7 Å². The smallest absolute Gasteiger partial charge is 0.241 e. The first-order chi connectivity index (χ1) is 9.81. The van der Waals surface area contributed by atoms with Crippen LogP contribution in [0.1, 0.15) is 27.2 Å². The van der Waals surface area contributed by atoms with Crippen LogP contribution in [-0.2, 0) is 4.79 Å². The van der Waals surface area contributed by atoms with Crippen molar-refractivity contribution in [1.82, 2.24) is 4.90 Å². The molecule has 1 heterocycles. The largest absolute Gasteiger partial charge is 0.327 e. The van der Waals surface area contributed by atoms with Gasteiger partial charge in [-0.05, 0) is 46.8 Å². The zero-order valence-corrected chi connectivity index (χ0v) is 14.5. The summed E-state index contributed by atoms with van der Waals surface area (Å²) < 4.78 is 0.895. The zero-order valence-electron chi connectivity index (χ0n) is 12.9. The first-order valence-electron chi connectivity index (χ1n) is 7.36. The molecule has 1 fully saturated rings. The van der Waals surface area contributed by atoms with Gasteiger partial charge in [0.1, 0.15) is 0 Å². The van der Waals surface area contributed by atoms with Crippen molar-refractivity contribution in [3.8, 4) is 0 Å². The fraction of sp³-hybridized carbons (Fsp3) is 0.562. The molecule has 1 aliphatic heterocycles. The number of likely N-dealkylation sites (tertiary alicyclic amines) is 1. The summed E-state index contributed by atoms with van der Waals surface area (Å²) in [6.07, 6.45) is 0.930. The van der Waals surface area contributed by atoms with E-state index < -0.39 is 0 Å². The maximum Gasteiger partial charge on any atom is 0.241 e. The highest BCUT2D eigenvalue weighted by Crippen LogP contribution is 2.29. The molecule has 0 aliphatic carbocycles. The molecule has 116 valence electrons. The van der Waals surface area contributed by atoms with E-state index in [0.29, 0.717) is 0 Å². The minimum Gasteiger partial charge on any atom is -0.327 e. The molecule has 0 aromatic heterocycles. The number of anilines is 1. The Hall–Kier alpha value is -0.910. The Morgan fingerprint density at radius 2 is 2.14 bits per heavy atom. The maximum absolute atomic E-state index is 12.5. The summed E-state index contributed by atoms with van der Waals surface area (Å²) in [6, 6.07) is 7.69. The van der Waals surface area contributed by atoms with Crippen molar-refractivity contribution in [2.24, 2.45) is 11.1 Å². The summed E-state index contributed by atoms with van der Waals surface area (Å²) in [6.45, 7) is 8.01. The highest BCUT2D eigenvalue weighted by Gasteiger charge is 2.36. The fourth-order valence-corrected chi connectivity index (χ4v) is 3.10. The third kappa shape index (κ3) is 3.84. The van der Waals surface area contributed by atoms with Gasteiger partial charge in [0.05, 0.1) is 11.7 Å². The van der Waals surface area contributed by atoms with E-state index in [2.05, 4.69) is 40.0 Å². The second-order valence-corrected chi connectivity index (χ2v) is 7.35. The molecule has 0 saturated carbocycles. The number of halogens is 1. The lowest BCUT2D eigenvalue weighted by molar-refractivity contribution is -0.122. The minimum absolute atomic E-state index is 0.0215. The first-order valence-corrected chi connectivity index (χ1v) is 8.15. The molecule has 0 radical (unpaired) electrons. The van der Waals surface area contributed by atoms with E-state index in [1.165, 1.54) is 0 Å². The van der Waals surface area contributed by atoms with Crippen LogP contribution in [0.3, 0.4) is 0 Å². The first kappa shape index (κ1) is 16.5. The summed E-state index contributed by atoms with van der Waals surface area (Å²) in [5.74, 6) is 0.0215. The van der Waals surface area contributed by atoms with Crippen LogP contribution >= 0.6 is 15.9 Å². The van der Waals surface area contributed by atoms with Crippen molar-refractivity contribution in [3.05, 3.63) is 28.7 Å². The number of hydrogen-bond donors (Lipinski definition) is 2. The molecule has 4 nitrogen and oxygen atoms in total. The number of rotatable bonds is 3. The zero-order chi connectivity index (χ0) is 15.6. The molecule has 1 amide bonds. The Balaban J connectivity index is 2.01. The van der Waals surface area contributed by atoms with Crippen LogP contribution in [0.4, 0.5) is 5.69 Å². The van der Waals surface area contributed by atoms with Gasteiger partial charge in [-0.1, -0.05) is 26.0 Å². The monoisotopic (exact) mass is 353 g/mol.